The fourth-order valence-corrected chi connectivity index (χ4v) is 2.42. The van der Waals surface area contributed by atoms with Crippen LogP contribution in [0, 0.1) is 11.6 Å². The van der Waals surface area contributed by atoms with Crippen LogP contribution in [0.25, 0.3) is 0 Å². The summed E-state index contributed by atoms with van der Waals surface area (Å²) in [7, 11) is 0. The Morgan fingerprint density at radius 3 is 2.65 bits per heavy atom. The van der Waals surface area contributed by atoms with Crippen molar-refractivity contribution in [2.75, 3.05) is 6.54 Å². The summed E-state index contributed by atoms with van der Waals surface area (Å²) in [5, 5.41) is 0.476. The Morgan fingerprint density at radius 1 is 1.20 bits per heavy atom. The van der Waals surface area contributed by atoms with Crippen LogP contribution in [0.4, 0.5) is 8.78 Å². The molecule has 2 N–H and O–H groups in total. The lowest BCUT2D eigenvalue weighted by Gasteiger charge is -2.13. The largest absolute Gasteiger partial charge is 0.454 e. The minimum absolute atomic E-state index is 0.211. The number of hydrogen-bond donors (Lipinski definition) is 1. The maximum absolute atomic E-state index is 13.7. The molecule has 20 heavy (non-hydrogen) atoms. The van der Waals surface area contributed by atoms with Crippen LogP contribution in [-0.4, -0.2) is 6.54 Å². The zero-order valence-electron chi connectivity index (χ0n) is 10.3. The van der Waals surface area contributed by atoms with Crippen molar-refractivity contribution in [2.45, 2.75) is 6.42 Å². The predicted octanol–water partition coefficient (Wildman–Crippen LogP) is 4.67. The van der Waals surface area contributed by atoms with Gasteiger partial charge in [0.15, 0.2) is 11.6 Å². The standard InChI is InChI=1S/C14H11BrClF2NO/c15-8-6-11(17)14(18)13(7-8)20-12-3-1-2-10(16)9(12)4-5-19/h1-3,6-7H,4-5,19H2. The van der Waals surface area contributed by atoms with Gasteiger partial charge < -0.3 is 10.5 Å². The van der Waals surface area contributed by atoms with E-state index in [1.807, 2.05) is 0 Å². The van der Waals surface area contributed by atoms with Gasteiger partial charge in [-0.2, -0.15) is 4.39 Å². The molecule has 0 aliphatic carbocycles. The Labute approximate surface area is 128 Å². The topological polar surface area (TPSA) is 35.2 Å². The van der Waals surface area contributed by atoms with Crippen molar-refractivity contribution in [3.05, 3.63) is 57.0 Å². The fraction of sp³-hybridized carbons (Fsp3) is 0.143. The van der Waals surface area contributed by atoms with Gasteiger partial charge in [-0.25, -0.2) is 4.39 Å². The number of ether oxygens (including phenoxy) is 1. The monoisotopic (exact) mass is 361 g/mol. The minimum atomic E-state index is -1.05. The van der Waals surface area contributed by atoms with Gasteiger partial charge in [-0.05, 0) is 37.2 Å². The summed E-state index contributed by atoms with van der Waals surface area (Å²) in [4.78, 5) is 0. The molecular weight excluding hydrogens is 352 g/mol. The van der Waals surface area contributed by atoms with Gasteiger partial charge in [-0.15, -0.1) is 0 Å². The molecule has 0 aliphatic heterocycles. The molecule has 0 aromatic heterocycles. The SMILES string of the molecule is NCCc1c(Cl)cccc1Oc1cc(Br)cc(F)c1F. The normalized spacial score (nSPS) is 10.7. The van der Waals surface area contributed by atoms with Gasteiger partial charge >= 0.3 is 0 Å². The van der Waals surface area contributed by atoms with Gasteiger partial charge in [0, 0.05) is 15.1 Å². The zero-order valence-corrected chi connectivity index (χ0v) is 12.6. The molecule has 2 aromatic carbocycles. The van der Waals surface area contributed by atoms with Crippen molar-refractivity contribution in [1.82, 2.24) is 0 Å². The first-order chi connectivity index (χ1) is 9.52. The summed E-state index contributed by atoms with van der Waals surface area (Å²) < 4.78 is 32.9. The molecule has 0 atom stereocenters. The van der Waals surface area contributed by atoms with Gasteiger partial charge in [-0.1, -0.05) is 33.6 Å². The molecule has 2 aromatic rings. The second-order valence-corrected chi connectivity index (χ2v) is 5.38. The average Bonchev–Trinajstić information content (AvgIpc) is 2.39. The molecule has 2 rings (SSSR count). The summed E-state index contributed by atoms with van der Waals surface area (Å²) in [6.07, 6.45) is 0.479. The van der Waals surface area contributed by atoms with Gasteiger partial charge in [0.1, 0.15) is 5.75 Å². The van der Waals surface area contributed by atoms with Gasteiger partial charge in [-0.3, -0.25) is 0 Å². The zero-order chi connectivity index (χ0) is 14.7. The van der Waals surface area contributed by atoms with Gasteiger partial charge in [0.2, 0.25) is 5.82 Å². The highest BCUT2D eigenvalue weighted by molar-refractivity contribution is 9.10. The molecule has 0 saturated heterocycles. The van der Waals surface area contributed by atoms with E-state index in [0.717, 1.165) is 6.07 Å². The Kier molecular flexibility index (Phi) is 4.96. The van der Waals surface area contributed by atoms with Crippen LogP contribution in [0.3, 0.4) is 0 Å². The second-order valence-electron chi connectivity index (χ2n) is 4.06. The number of nitrogens with two attached hydrogens (primary N) is 1. The van der Waals surface area contributed by atoms with E-state index in [1.54, 1.807) is 18.2 Å². The van der Waals surface area contributed by atoms with Crippen LogP contribution in [-0.2, 0) is 6.42 Å². The third-order valence-corrected chi connectivity index (χ3v) is 3.46. The van der Waals surface area contributed by atoms with Crippen LogP contribution < -0.4 is 10.5 Å². The second kappa shape index (κ2) is 6.52. The van der Waals surface area contributed by atoms with E-state index in [0.29, 0.717) is 33.8 Å². The van der Waals surface area contributed by atoms with Crippen LogP contribution in [0.15, 0.2) is 34.8 Å². The molecule has 106 valence electrons. The highest BCUT2D eigenvalue weighted by Gasteiger charge is 2.15. The first-order valence-electron chi connectivity index (χ1n) is 5.82. The molecule has 0 bridgehead atoms. The van der Waals surface area contributed by atoms with Crippen molar-refractivity contribution < 1.29 is 13.5 Å². The number of halogens is 4. The molecule has 0 amide bonds. The molecule has 6 heteroatoms. The molecular formula is C14H11BrClF2NO. The molecule has 0 radical (unpaired) electrons. The summed E-state index contributed by atoms with van der Waals surface area (Å²) in [5.41, 5.74) is 6.18. The van der Waals surface area contributed by atoms with Crippen LogP contribution in [0.5, 0.6) is 11.5 Å². The minimum Gasteiger partial charge on any atom is -0.454 e. The molecule has 0 heterocycles. The van der Waals surface area contributed by atoms with Crippen molar-refractivity contribution in [3.8, 4) is 11.5 Å². The summed E-state index contributed by atoms with van der Waals surface area (Å²) in [6.45, 7) is 0.370. The lowest BCUT2D eigenvalue weighted by Crippen LogP contribution is -2.05. The molecule has 0 saturated carbocycles. The number of rotatable bonds is 4. The summed E-state index contributed by atoms with van der Waals surface area (Å²) >= 11 is 9.16. The molecule has 2 nitrogen and oxygen atoms in total. The Bertz CT molecular complexity index is 637. The van der Waals surface area contributed by atoms with Crippen molar-refractivity contribution >= 4 is 27.5 Å². The Hall–Kier alpha value is -1.17. The lowest BCUT2D eigenvalue weighted by atomic mass is 10.1. The Balaban J connectivity index is 2.42. The van der Waals surface area contributed by atoms with Crippen LogP contribution in [0.1, 0.15) is 5.56 Å². The number of hydrogen-bond acceptors (Lipinski definition) is 2. The summed E-state index contributed by atoms with van der Waals surface area (Å²) in [6, 6.07) is 7.38. The van der Waals surface area contributed by atoms with Crippen molar-refractivity contribution in [1.29, 1.82) is 0 Å². The van der Waals surface area contributed by atoms with E-state index in [-0.39, 0.29) is 5.75 Å². The summed E-state index contributed by atoms with van der Waals surface area (Å²) in [5.74, 6) is -1.89. The quantitative estimate of drug-likeness (QED) is 0.802. The van der Waals surface area contributed by atoms with E-state index in [2.05, 4.69) is 15.9 Å². The van der Waals surface area contributed by atoms with E-state index in [1.165, 1.54) is 6.07 Å². The number of benzene rings is 2. The fourth-order valence-electron chi connectivity index (χ4n) is 1.75. The van der Waals surface area contributed by atoms with Crippen molar-refractivity contribution in [2.24, 2.45) is 5.73 Å². The van der Waals surface area contributed by atoms with E-state index in [4.69, 9.17) is 22.1 Å². The smallest absolute Gasteiger partial charge is 0.201 e. The highest BCUT2D eigenvalue weighted by Crippen LogP contribution is 2.34. The van der Waals surface area contributed by atoms with Gasteiger partial charge in [0.05, 0.1) is 0 Å². The molecule has 0 spiro atoms. The first-order valence-corrected chi connectivity index (χ1v) is 7.00. The van der Waals surface area contributed by atoms with Gasteiger partial charge in [0.25, 0.3) is 0 Å². The molecule has 0 aliphatic rings. The predicted molar refractivity (Wildman–Crippen MR) is 78.3 cm³/mol. The maximum atomic E-state index is 13.7. The van der Waals surface area contributed by atoms with Crippen LogP contribution in [0.2, 0.25) is 5.02 Å². The maximum Gasteiger partial charge on any atom is 0.201 e. The van der Waals surface area contributed by atoms with Crippen LogP contribution >= 0.6 is 27.5 Å². The Morgan fingerprint density at radius 2 is 1.95 bits per heavy atom. The third-order valence-electron chi connectivity index (χ3n) is 2.65. The van der Waals surface area contributed by atoms with Crippen molar-refractivity contribution in [3.63, 3.8) is 0 Å². The first kappa shape index (κ1) is 15.2. The third kappa shape index (κ3) is 3.29. The average molecular weight is 363 g/mol. The van der Waals surface area contributed by atoms with E-state index >= 15 is 0 Å². The molecule has 0 fully saturated rings. The van der Waals surface area contributed by atoms with E-state index < -0.39 is 11.6 Å². The lowest BCUT2D eigenvalue weighted by molar-refractivity contribution is 0.412. The molecule has 0 unspecified atom stereocenters. The highest BCUT2D eigenvalue weighted by atomic mass is 79.9. The van der Waals surface area contributed by atoms with E-state index in [9.17, 15) is 8.78 Å².